The van der Waals surface area contributed by atoms with Gasteiger partial charge in [-0.1, -0.05) is 0 Å². The first kappa shape index (κ1) is 12.8. The van der Waals surface area contributed by atoms with E-state index in [-0.39, 0.29) is 5.91 Å². The minimum atomic E-state index is 0.0570. The Morgan fingerprint density at radius 3 is 2.88 bits per heavy atom. The summed E-state index contributed by atoms with van der Waals surface area (Å²) < 4.78 is 0.906. The molecule has 0 aliphatic carbocycles. The molecule has 0 saturated carbocycles. The van der Waals surface area contributed by atoms with Crippen LogP contribution in [0, 0.1) is 0 Å². The van der Waals surface area contributed by atoms with E-state index in [0.717, 1.165) is 10.2 Å². The Kier molecular flexibility index (Phi) is 5.11. The fraction of sp³-hybridized carbons (Fsp3) is 0.364. The number of nitrogens with two attached hydrogens (primary N) is 1. The summed E-state index contributed by atoms with van der Waals surface area (Å²) in [6, 6.07) is 5.53. The molecule has 0 heterocycles. The molecule has 0 bridgehead atoms. The molecule has 1 amide bonds. The molecule has 0 radical (unpaired) electrons. The third-order valence-electron chi connectivity index (χ3n) is 2.03. The summed E-state index contributed by atoms with van der Waals surface area (Å²) >= 11 is 3.40. The maximum atomic E-state index is 11.2. The molecular weight excluding hydrogens is 270 g/mol. The highest BCUT2D eigenvalue weighted by atomic mass is 79.9. The van der Waals surface area contributed by atoms with Gasteiger partial charge >= 0.3 is 0 Å². The Hall–Kier alpha value is -1.23. The monoisotopic (exact) mass is 285 g/mol. The summed E-state index contributed by atoms with van der Waals surface area (Å²) in [5.74, 6) is 0.0570. The van der Waals surface area contributed by atoms with Gasteiger partial charge in [-0.25, -0.2) is 0 Å². The average molecular weight is 286 g/mol. The maximum Gasteiger partial charge on any atom is 0.221 e. The van der Waals surface area contributed by atoms with E-state index in [1.807, 2.05) is 25.1 Å². The molecule has 0 aliphatic heterocycles. The first-order valence-electron chi connectivity index (χ1n) is 5.19. The first-order chi connectivity index (χ1) is 7.63. The Labute approximate surface area is 104 Å². The molecule has 5 heteroatoms. The normalized spacial score (nSPS) is 9.88. The molecule has 4 nitrogen and oxygen atoms in total. The minimum Gasteiger partial charge on any atom is -0.399 e. The number of carbonyl (C=O) groups excluding carboxylic acids is 1. The number of hydrogen-bond donors (Lipinski definition) is 3. The van der Waals surface area contributed by atoms with Crippen LogP contribution in [0.1, 0.15) is 13.3 Å². The van der Waals surface area contributed by atoms with Crippen LogP contribution in [0.25, 0.3) is 0 Å². The van der Waals surface area contributed by atoms with E-state index in [0.29, 0.717) is 25.2 Å². The van der Waals surface area contributed by atoms with E-state index >= 15 is 0 Å². The Balaban J connectivity index is 2.40. The summed E-state index contributed by atoms with van der Waals surface area (Å²) in [4.78, 5) is 11.2. The van der Waals surface area contributed by atoms with E-state index in [1.54, 1.807) is 0 Å². The lowest BCUT2D eigenvalue weighted by Gasteiger charge is -2.08. The summed E-state index contributed by atoms with van der Waals surface area (Å²) in [5.41, 5.74) is 7.27. The summed E-state index contributed by atoms with van der Waals surface area (Å²) in [7, 11) is 0. The highest BCUT2D eigenvalue weighted by Crippen LogP contribution is 2.24. The molecule has 0 atom stereocenters. The topological polar surface area (TPSA) is 67.2 Å². The van der Waals surface area contributed by atoms with Crippen molar-refractivity contribution in [1.29, 1.82) is 0 Å². The van der Waals surface area contributed by atoms with Crippen molar-refractivity contribution in [2.24, 2.45) is 0 Å². The standard InChI is InChI=1S/C11H16BrN3O/c1-2-14-11(16)5-6-15-10-4-3-8(13)7-9(10)12/h3-4,7,15H,2,5-6,13H2,1H3,(H,14,16). The van der Waals surface area contributed by atoms with Crippen molar-refractivity contribution >= 4 is 33.2 Å². The molecule has 16 heavy (non-hydrogen) atoms. The zero-order valence-electron chi connectivity index (χ0n) is 9.22. The van der Waals surface area contributed by atoms with Gasteiger partial charge in [-0.15, -0.1) is 0 Å². The quantitative estimate of drug-likeness (QED) is 0.725. The average Bonchev–Trinajstić information content (AvgIpc) is 2.22. The van der Waals surface area contributed by atoms with Gasteiger partial charge in [0.1, 0.15) is 0 Å². The van der Waals surface area contributed by atoms with Crippen LogP contribution >= 0.6 is 15.9 Å². The van der Waals surface area contributed by atoms with E-state index in [9.17, 15) is 4.79 Å². The first-order valence-corrected chi connectivity index (χ1v) is 5.98. The molecule has 0 unspecified atom stereocenters. The van der Waals surface area contributed by atoms with Gasteiger partial charge in [0.25, 0.3) is 0 Å². The number of nitrogen functional groups attached to an aromatic ring is 1. The molecule has 1 rings (SSSR count). The molecule has 0 aromatic heterocycles. The van der Waals surface area contributed by atoms with Crippen molar-refractivity contribution in [3.05, 3.63) is 22.7 Å². The minimum absolute atomic E-state index is 0.0570. The second-order valence-corrected chi connectivity index (χ2v) is 4.22. The Bertz CT molecular complexity index is 368. The van der Waals surface area contributed by atoms with Gasteiger partial charge in [0.15, 0.2) is 0 Å². The van der Waals surface area contributed by atoms with Crippen molar-refractivity contribution in [2.75, 3.05) is 24.1 Å². The van der Waals surface area contributed by atoms with Crippen LogP contribution in [0.2, 0.25) is 0 Å². The van der Waals surface area contributed by atoms with Gasteiger partial charge < -0.3 is 16.4 Å². The van der Waals surface area contributed by atoms with Crippen LogP contribution in [-0.4, -0.2) is 19.0 Å². The van der Waals surface area contributed by atoms with Crippen molar-refractivity contribution in [3.63, 3.8) is 0 Å². The summed E-state index contributed by atoms with van der Waals surface area (Å²) in [6.07, 6.45) is 0.463. The van der Waals surface area contributed by atoms with Crippen LogP contribution in [-0.2, 0) is 4.79 Å². The summed E-state index contributed by atoms with van der Waals surface area (Å²) in [6.45, 7) is 3.18. The lowest BCUT2D eigenvalue weighted by Crippen LogP contribution is -2.24. The van der Waals surface area contributed by atoms with Crippen LogP contribution in [0.3, 0.4) is 0 Å². The highest BCUT2D eigenvalue weighted by molar-refractivity contribution is 9.10. The SMILES string of the molecule is CCNC(=O)CCNc1ccc(N)cc1Br. The van der Waals surface area contributed by atoms with Crippen LogP contribution in [0.5, 0.6) is 0 Å². The lowest BCUT2D eigenvalue weighted by molar-refractivity contribution is -0.120. The Morgan fingerprint density at radius 1 is 1.50 bits per heavy atom. The molecule has 1 aromatic carbocycles. The highest BCUT2D eigenvalue weighted by Gasteiger charge is 2.01. The van der Waals surface area contributed by atoms with Crippen molar-refractivity contribution in [3.8, 4) is 0 Å². The second kappa shape index (κ2) is 6.37. The number of carbonyl (C=O) groups is 1. The van der Waals surface area contributed by atoms with Crippen LogP contribution < -0.4 is 16.4 Å². The molecule has 88 valence electrons. The molecule has 1 aromatic rings. The number of benzene rings is 1. The fourth-order valence-corrected chi connectivity index (χ4v) is 1.81. The van der Waals surface area contributed by atoms with Gasteiger partial charge in [0, 0.05) is 35.4 Å². The van der Waals surface area contributed by atoms with Crippen LogP contribution in [0.4, 0.5) is 11.4 Å². The predicted molar refractivity (Wildman–Crippen MR) is 70.3 cm³/mol. The fourth-order valence-electron chi connectivity index (χ4n) is 1.27. The van der Waals surface area contributed by atoms with Gasteiger partial charge in [0.2, 0.25) is 5.91 Å². The third kappa shape index (κ3) is 4.10. The predicted octanol–water partition coefficient (Wildman–Crippen LogP) is 1.97. The van der Waals surface area contributed by atoms with Gasteiger partial charge in [-0.05, 0) is 41.1 Å². The number of halogens is 1. The van der Waals surface area contributed by atoms with Crippen molar-refractivity contribution in [2.45, 2.75) is 13.3 Å². The Morgan fingerprint density at radius 2 is 2.25 bits per heavy atom. The number of anilines is 2. The molecule has 0 spiro atoms. The number of amides is 1. The number of hydrogen-bond acceptors (Lipinski definition) is 3. The number of rotatable bonds is 5. The molecule has 0 fully saturated rings. The van der Waals surface area contributed by atoms with Gasteiger partial charge in [-0.3, -0.25) is 4.79 Å². The van der Waals surface area contributed by atoms with Crippen LogP contribution in [0.15, 0.2) is 22.7 Å². The van der Waals surface area contributed by atoms with Gasteiger partial charge in [0.05, 0.1) is 0 Å². The maximum absolute atomic E-state index is 11.2. The van der Waals surface area contributed by atoms with E-state index < -0.39 is 0 Å². The molecule has 0 saturated heterocycles. The molecule has 4 N–H and O–H groups in total. The summed E-state index contributed by atoms with van der Waals surface area (Å²) in [5, 5.41) is 5.91. The second-order valence-electron chi connectivity index (χ2n) is 3.37. The lowest BCUT2D eigenvalue weighted by atomic mass is 10.3. The zero-order valence-corrected chi connectivity index (χ0v) is 10.8. The molecular formula is C11H16BrN3O. The van der Waals surface area contributed by atoms with E-state index in [2.05, 4.69) is 26.6 Å². The van der Waals surface area contributed by atoms with E-state index in [4.69, 9.17) is 5.73 Å². The number of nitrogens with one attached hydrogen (secondary N) is 2. The van der Waals surface area contributed by atoms with Gasteiger partial charge in [-0.2, -0.15) is 0 Å². The largest absolute Gasteiger partial charge is 0.399 e. The molecule has 0 aliphatic rings. The van der Waals surface area contributed by atoms with Crippen molar-refractivity contribution in [1.82, 2.24) is 5.32 Å². The van der Waals surface area contributed by atoms with E-state index in [1.165, 1.54) is 0 Å². The smallest absolute Gasteiger partial charge is 0.221 e. The zero-order chi connectivity index (χ0) is 12.0. The van der Waals surface area contributed by atoms with Crippen molar-refractivity contribution < 1.29 is 4.79 Å². The third-order valence-corrected chi connectivity index (χ3v) is 2.69.